The van der Waals surface area contributed by atoms with Crippen LogP contribution in [0.2, 0.25) is 0 Å². The number of carbonyl (C=O) groups excluding carboxylic acids is 2. The molecule has 3 nitrogen and oxygen atoms in total. The van der Waals surface area contributed by atoms with Crippen LogP contribution >= 0.6 is 0 Å². The van der Waals surface area contributed by atoms with Crippen molar-refractivity contribution >= 4 is 11.7 Å². The van der Waals surface area contributed by atoms with Crippen molar-refractivity contribution in [3.8, 4) is 0 Å². The standard InChI is InChI=1S/C8H13NO2/c1-4-9-5(2)7(6(3)10)8(9)11/h5,7H,4H2,1-3H3. The molecule has 0 aromatic rings. The molecule has 0 radical (unpaired) electrons. The second-order valence-corrected chi connectivity index (χ2v) is 2.95. The molecule has 0 bridgehead atoms. The summed E-state index contributed by atoms with van der Waals surface area (Å²) in [5.74, 6) is -0.366. The monoisotopic (exact) mass is 155 g/mol. The van der Waals surface area contributed by atoms with E-state index in [0.717, 1.165) is 0 Å². The van der Waals surface area contributed by atoms with Gasteiger partial charge in [-0.2, -0.15) is 0 Å². The number of β-lactam (4-membered cyclic amide) rings is 1. The number of Topliss-reactive ketones (excluding diaryl/α,β-unsaturated/α-hetero) is 1. The molecule has 1 heterocycles. The first-order valence-corrected chi connectivity index (χ1v) is 3.90. The van der Waals surface area contributed by atoms with E-state index in [0.29, 0.717) is 6.54 Å². The number of carbonyl (C=O) groups is 2. The van der Waals surface area contributed by atoms with E-state index < -0.39 is 0 Å². The van der Waals surface area contributed by atoms with Crippen LogP contribution in [0.15, 0.2) is 0 Å². The molecule has 0 saturated carbocycles. The summed E-state index contributed by atoms with van der Waals surface area (Å²) in [5.41, 5.74) is 0. The first kappa shape index (κ1) is 8.24. The molecule has 2 atom stereocenters. The lowest BCUT2D eigenvalue weighted by Gasteiger charge is -2.43. The highest BCUT2D eigenvalue weighted by Gasteiger charge is 2.45. The van der Waals surface area contributed by atoms with Gasteiger partial charge in [-0.25, -0.2) is 0 Å². The highest BCUT2D eigenvalue weighted by Crippen LogP contribution is 2.26. The van der Waals surface area contributed by atoms with Crippen molar-refractivity contribution < 1.29 is 9.59 Å². The number of hydrogen-bond acceptors (Lipinski definition) is 2. The van der Waals surface area contributed by atoms with Crippen molar-refractivity contribution in [1.29, 1.82) is 0 Å². The van der Waals surface area contributed by atoms with Crippen molar-refractivity contribution in [2.24, 2.45) is 5.92 Å². The van der Waals surface area contributed by atoms with Crippen LogP contribution in [0.1, 0.15) is 20.8 Å². The molecule has 0 N–H and O–H groups in total. The van der Waals surface area contributed by atoms with Gasteiger partial charge in [0, 0.05) is 12.6 Å². The lowest BCUT2D eigenvalue weighted by atomic mass is 9.86. The summed E-state index contributed by atoms with van der Waals surface area (Å²) >= 11 is 0. The summed E-state index contributed by atoms with van der Waals surface area (Å²) in [4.78, 5) is 23.7. The second kappa shape index (κ2) is 2.64. The summed E-state index contributed by atoms with van der Waals surface area (Å²) in [7, 11) is 0. The first-order chi connectivity index (χ1) is 5.09. The van der Waals surface area contributed by atoms with Crippen LogP contribution in [-0.4, -0.2) is 29.2 Å². The number of amides is 1. The van der Waals surface area contributed by atoms with Crippen molar-refractivity contribution in [1.82, 2.24) is 4.90 Å². The number of ketones is 1. The molecule has 11 heavy (non-hydrogen) atoms. The molecule has 1 saturated heterocycles. The summed E-state index contributed by atoms with van der Waals surface area (Å²) in [6.07, 6.45) is 0. The molecule has 0 aromatic heterocycles. The van der Waals surface area contributed by atoms with Crippen LogP contribution in [0.4, 0.5) is 0 Å². The molecule has 1 aliphatic heterocycles. The molecule has 1 rings (SSSR count). The molecular weight excluding hydrogens is 142 g/mol. The van der Waals surface area contributed by atoms with E-state index in [1.807, 2.05) is 13.8 Å². The predicted octanol–water partition coefficient (Wildman–Crippen LogP) is 0.442. The van der Waals surface area contributed by atoms with Crippen molar-refractivity contribution in [3.63, 3.8) is 0 Å². The van der Waals surface area contributed by atoms with E-state index in [1.54, 1.807) is 4.90 Å². The minimum Gasteiger partial charge on any atom is -0.338 e. The Balaban J connectivity index is 2.64. The molecule has 1 amide bonds. The molecule has 2 unspecified atom stereocenters. The lowest BCUT2D eigenvalue weighted by Crippen LogP contribution is -2.61. The quantitative estimate of drug-likeness (QED) is 0.428. The Bertz CT molecular complexity index is 200. The van der Waals surface area contributed by atoms with E-state index in [4.69, 9.17) is 0 Å². The zero-order chi connectivity index (χ0) is 8.59. The molecular formula is C8H13NO2. The average molecular weight is 155 g/mol. The molecule has 1 aliphatic rings. The highest BCUT2D eigenvalue weighted by atomic mass is 16.2. The van der Waals surface area contributed by atoms with Crippen LogP contribution in [0.3, 0.4) is 0 Å². The fraction of sp³-hybridized carbons (Fsp3) is 0.750. The highest BCUT2D eigenvalue weighted by molar-refractivity contribution is 6.05. The molecule has 0 spiro atoms. The maximum absolute atomic E-state index is 11.1. The van der Waals surface area contributed by atoms with Crippen LogP contribution in [0, 0.1) is 5.92 Å². The third-order valence-electron chi connectivity index (χ3n) is 2.30. The molecule has 62 valence electrons. The Labute approximate surface area is 66.4 Å². The van der Waals surface area contributed by atoms with Gasteiger partial charge < -0.3 is 4.90 Å². The Morgan fingerprint density at radius 1 is 1.64 bits per heavy atom. The summed E-state index contributed by atoms with van der Waals surface area (Å²) in [6, 6.07) is 0.116. The van der Waals surface area contributed by atoms with Gasteiger partial charge in [-0.05, 0) is 20.8 Å². The van der Waals surface area contributed by atoms with Gasteiger partial charge >= 0.3 is 0 Å². The fourth-order valence-electron chi connectivity index (χ4n) is 1.64. The summed E-state index contributed by atoms with van der Waals surface area (Å²) < 4.78 is 0. The van der Waals surface area contributed by atoms with Crippen LogP contribution in [-0.2, 0) is 9.59 Å². The number of nitrogens with zero attached hydrogens (tertiary/aromatic N) is 1. The smallest absolute Gasteiger partial charge is 0.235 e. The van der Waals surface area contributed by atoms with Gasteiger partial charge in [-0.3, -0.25) is 9.59 Å². The Morgan fingerprint density at radius 3 is 2.45 bits per heavy atom. The van der Waals surface area contributed by atoms with Crippen LogP contribution in [0.25, 0.3) is 0 Å². The van der Waals surface area contributed by atoms with Gasteiger partial charge in [0.15, 0.2) is 0 Å². The van der Waals surface area contributed by atoms with Crippen molar-refractivity contribution in [2.75, 3.05) is 6.54 Å². The third kappa shape index (κ3) is 1.04. The van der Waals surface area contributed by atoms with Gasteiger partial charge in [-0.1, -0.05) is 0 Å². The summed E-state index contributed by atoms with van der Waals surface area (Å²) in [6.45, 7) is 6.03. The SMILES string of the molecule is CCN1C(=O)C(C(C)=O)C1C. The van der Waals surface area contributed by atoms with Gasteiger partial charge in [0.05, 0.1) is 0 Å². The minimum atomic E-state index is -0.352. The fourth-order valence-corrected chi connectivity index (χ4v) is 1.64. The topological polar surface area (TPSA) is 37.4 Å². The van der Waals surface area contributed by atoms with Crippen LogP contribution < -0.4 is 0 Å². The number of rotatable bonds is 2. The van der Waals surface area contributed by atoms with E-state index >= 15 is 0 Å². The van der Waals surface area contributed by atoms with Crippen molar-refractivity contribution in [3.05, 3.63) is 0 Å². The van der Waals surface area contributed by atoms with E-state index in [-0.39, 0.29) is 23.7 Å². The van der Waals surface area contributed by atoms with Gasteiger partial charge in [0.2, 0.25) is 5.91 Å². The second-order valence-electron chi connectivity index (χ2n) is 2.95. The normalized spacial score (nSPS) is 30.1. The number of hydrogen-bond donors (Lipinski definition) is 0. The maximum Gasteiger partial charge on any atom is 0.235 e. The zero-order valence-corrected chi connectivity index (χ0v) is 7.13. The zero-order valence-electron chi connectivity index (χ0n) is 7.13. The average Bonchev–Trinajstić information content (AvgIpc) is 1.87. The summed E-state index contributed by atoms with van der Waals surface area (Å²) in [5, 5.41) is 0. The Kier molecular flexibility index (Phi) is 1.98. The van der Waals surface area contributed by atoms with Gasteiger partial charge in [-0.15, -0.1) is 0 Å². The van der Waals surface area contributed by atoms with Crippen LogP contribution in [0.5, 0.6) is 0 Å². The maximum atomic E-state index is 11.1. The van der Waals surface area contributed by atoms with Gasteiger partial charge in [0.25, 0.3) is 0 Å². The molecule has 3 heteroatoms. The van der Waals surface area contributed by atoms with Crippen molar-refractivity contribution in [2.45, 2.75) is 26.8 Å². The Hall–Kier alpha value is -0.860. The van der Waals surface area contributed by atoms with E-state index in [2.05, 4.69) is 0 Å². The third-order valence-corrected chi connectivity index (χ3v) is 2.30. The Morgan fingerprint density at radius 2 is 2.18 bits per heavy atom. The molecule has 0 aliphatic carbocycles. The minimum absolute atomic E-state index is 0.00694. The molecule has 1 fully saturated rings. The van der Waals surface area contributed by atoms with Gasteiger partial charge in [0.1, 0.15) is 11.7 Å². The predicted molar refractivity (Wildman–Crippen MR) is 41.0 cm³/mol. The largest absolute Gasteiger partial charge is 0.338 e. The first-order valence-electron chi connectivity index (χ1n) is 3.90. The number of likely N-dealkylation sites (tertiary alicyclic amines) is 1. The lowest BCUT2D eigenvalue weighted by molar-refractivity contribution is -0.159. The molecule has 0 aromatic carbocycles. The van der Waals surface area contributed by atoms with E-state index in [1.165, 1.54) is 6.92 Å². The van der Waals surface area contributed by atoms with E-state index in [9.17, 15) is 9.59 Å².